The van der Waals surface area contributed by atoms with E-state index in [1.807, 2.05) is 6.92 Å². The van der Waals surface area contributed by atoms with E-state index in [9.17, 15) is 14.0 Å². The van der Waals surface area contributed by atoms with Crippen molar-refractivity contribution in [3.63, 3.8) is 0 Å². The molecule has 0 fully saturated rings. The number of para-hydroxylation sites is 1. The van der Waals surface area contributed by atoms with Gasteiger partial charge in [0.15, 0.2) is 5.16 Å². The molecule has 0 saturated carbocycles. The summed E-state index contributed by atoms with van der Waals surface area (Å²) < 4.78 is 20.2. The second kappa shape index (κ2) is 9.87. The molecule has 34 heavy (non-hydrogen) atoms. The lowest BCUT2D eigenvalue weighted by Crippen LogP contribution is -2.26. The van der Waals surface area contributed by atoms with Crippen molar-refractivity contribution in [1.29, 1.82) is 0 Å². The van der Waals surface area contributed by atoms with Crippen LogP contribution >= 0.6 is 23.4 Å². The number of anilines is 1. The Hall–Kier alpha value is -3.36. The second-order valence-corrected chi connectivity index (χ2v) is 9.29. The van der Waals surface area contributed by atoms with E-state index in [-0.39, 0.29) is 11.5 Å². The molecule has 1 atom stereocenters. The van der Waals surface area contributed by atoms with Gasteiger partial charge in [-0.3, -0.25) is 14.2 Å². The molecule has 9 heteroatoms. The van der Waals surface area contributed by atoms with E-state index in [1.54, 1.807) is 43.3 Å². The predicted octanol–water partition coefficient (Wildman–Crippen LogP) is 5.61. The predicted molar refractivity (Wildman–Crippen MR) is 134 cm³/mol. The molecule has 0 radical (unpaired) electrons. The summed E-state index contributed by atoms with van der Waals surface area (Å²) in [7, 11) is 1.50. The number of nitrogens with zero attached hydrogens (tertiary/aromatic N) is 2. The van der Waals surface area contributed by atoms with Crippen LogP contribution in [0.1, 0.15) is 12.5 Å². The Bertz CT molecular complexity index is 1440. The third-order valence-electron chi connectivity index (χ3n) is 5.22. The van der Waals surface area contributed by atoms with Crippen molar-refractivity contribution in [3.8, 4) is 11.4 Å². The Balaban J connectivity index is 1.70. The van der Waals surface area contributed by atoms with E-state index < -0.39 is 11.1 Å². The highest BCUT2D eigenvalue weighted by molar-refractivity contribution is 8.00. The quantitative estimate of drug-likeness (QED) is 0.277. The number of ether oxygens (including phenoxy) is 1. The third kappa shape index (κ3) is 4.78. The van der Waals surface area contributed by atoms with Crippen molar-refractivity contribution in [1.82, 2.24) is 9.55 Å². The average Bonchev–Trinajstić information content (AvgIpc) is 2.82. The minimum absolute atomic E-state index is 0.303. The van der Waals surface area contributed by atoms with Crippen molar-refractivity contribution in [2.24, 2.45) is 0 Å². The summed E-state index contributed by atoms with van der Waals surface area (Å²) in [6.45, 7) is 3.54. The maximum Gasteiger partial charge on any atom is 0.266 e. The number of thioether (sulfide) groups is 1. The van der Waals surface area contributed by atoms with Crippen LogP contribution in [0.3, 0.4) is 0 Å². The normalized spacial score (nSPS) is 11.9. The van der Waals surface area contributed by atoms with Crippen LogP contribution in [-0.2, 0) is 4.79 Å². The summed E-state index contributed by atoms with van der Waals surface area (Å²) in [5, 5.41) is 3.51. The van der Waals surface area contributed by atoms with E-state index in [0.717, 1.165) is 17.3 Å². The molecule has 3 aromatic carbocycles. The van der Waals surface area contributed by atoms with Gasteiger partial charge in [-0.15, -0.1) is 0 Å². The first kappa shape index (κ1) is 23.8. The first-order chi connectivity index (χ1) is 16.3. The summed E-state index contributed by atoms with van der Waals surface area (Å²) >= 11 is 7.28. The fourth-order valence-electron chi connectivity index (χ4n) is 3.39. The lowest BCUT2D eigenvalue weighted by molar-refractivity contribution is -0.115. The molecule has 0 bridgehead atoms. The highest BCUT2D eigenvalue weighted by atomic mass is 35.5. The van der Waals surface area contributed by atoms with E-state index in [1.165, 1.54) is 35.9 Å². The van der Waals surface area contributed by atoms with Crippen molar-refractivity contribution in [2.45, 2.75) is 24.3 Å². The minimum atomic E-state index is -0.625. The van der Waals surface area contributed by atoms with Gasteiger partial charge in [-0.05, 0) is 61.9 Å². The van der Waals surface area contributed by atoms with Crippen LogP contribution in [0.15, 0.2) is 70.6 Å². The Morgan fingerprint density at radius 3 is 2.59 bits per heavy atom. The summed E-state index contributed by atoms with van der Waals surface area (Å²) in [6, 6.07) is 15.9. The van der Waals surface area contributed by atoms with Gasteiger partial charge in [-0.25, -0.2) is 9.37 Å². The van der Waals surface area contributed by atoms with Gasteiger partial charge in [0.2, 0.25) is 5.91 Å². The molecule has 1 aromatic heterocycles. The molecule has 6 nitrogen and oxygen atoms in total. The Morgan fingerprint density at radius 2 is 1.88 bits per heavy atom. The van der Waals surface area contributed by atoms with Crippen LogP contribution in [0.5, 0.6) is 5.75 Å². The second-order valence-electron chi connectivity index (χ2n) is 7.58. The Kier molecular flexibility index (Phi) is 6.90. The number of carbonyl (C=O) groups is 1. The largest absolute Gasteiger partial charge is 0.495 e. The number of aryl methyl sites for hydroxylation is 1. The molecule has 0 aliphatic carbocycles. The molecule has 1 unspecified atom stereocenters. The minimum Gasteiger partial charge on any atom is -0.495 e. The van der Waals surface area contributed by atoms with Gasteiger partial charge in [0.1, 0.15) is 11.6 Å². The lowest BCUT2D eigenvalue weighted by atomic mass is 10.2. The summed E-state index contributed by atoms with van der Waals surface area (Å²) in [5.41, 5.74) is 1.94. The van der Waals surface area contributed by atoms with Crippen LogP contribution in [-0.4, -0.2) is 27.8 Å². The van der Waals surface area contributed by atoms with Crippen LogP contribution in [0.4, 0.5) is 10.1 Å². The fraction of sp³-hybridized carbons (Fsp3) is 0.160. The molecule has 174 valence electrons. The van der Waals surface area contributed by atoms with Gasteiger partial charge in [-0.2, -0.15) is 0 Å². The highest BCUT2D eigenvalue weighted by Gasteiger charge is 2.22. The molecular weight excluding hydrogens is 477 g/mol. The zero-order valence-corrected chi connectivity index (χ0v) is 20.2. The van der Waals surface area contributed by atoms with Crippen LogP contribution in [0, 0.1) is 12.7 Å². The molecule has 0 saturated heterocycles. The number of carbonyl (C=O) groups excluding carboxylic acids is 1. The molecular formula is C25H21ClFN3O3S. The molecule has 1 amide bonds. The summed E-state index contributed by atoms with van der Waals surface area (Å²) in [6.07, 6.45) is 0. The number of benzene rings is 3. The van der Waals surface area contributed by atoms with Gasteiger partial charge in [0.05, 0.1) is 34.6 Å². The fourth-order valence-corrected chi connectivity index (χ4v) is 4.47. The molecule has 0 aliphatic heterocycles. The molecule has 1 heterocycles. The Morgan fingerprint density at radius 1 is 1.18 bits per heavy atom. The SMILES string of the molecule is COc1cc(Cl)c(C)cc1NC(=O)C(C)Sc1nc2ccccc2c(=O)n1-c1ccc(F)cc1. The summed E-state index contributed by atoms with van der Waals surface area (Å²) in [4.78, 5) is 31.0. The zero-order chi connectivity index (χ0) is 24.4. The number of halogens is 2. The van der Waals surface area contributed by atoms with Gasteiger partial charge in [0.25, 0.3) is 5.56 Å². The van der Waals surface area contributed by atoms with E-state index in [4.69, 9.17) is 16.3 Å². The maximum atomic E-state index is 13.5. The standard InChI is InChI=1S/C25H21ClFN3O3S/c1-14-12-21(22(33-3)13-19(14)26)28-23(31)15(2)34-25-29-20-7-5-4-6-18(20)24(32)30(25)17-10-8-16(27)9-11-17/h4-13,15H,1-3H3,(H,28,31). The van der Waals surface area contributed by atoms with Gasteiger partial charge < -0.3 is 10.1 Å². The smallest absolute Gasteiger partial charge is 0.266 e. The van der Waals surface area contributed by atoms with Gasteiger partial charge >= 0.3 is 0 Å². The van der Waals surface area contributed by atoms with Crippen molar-refractivity contribution < 1.29 is 13.9 Å². The van der Waals surface area contributed by atoms with Crippen molar-refractivity contribution >= 4 is 45.9 Å². The number of hydrogen-bond donors (Lipinski definition) is 1. The molecule has 1 N–H and O–H groups in total. The molecule has 0 aliphatic rings. The number of hydrogen-bond acceptors (Lipinski definition) is 5. The highest BCUT2D eigenvalue weighted by Crippen LogP contribution is 2.32. The maximum absolute atomic E-state index is 13.5. The third-order valence-corrected chi connectivity index (χ3v) is 6.68. The average molecular weight is 498 g/mol. The van der Waals surface area contributed by atoms with E-state index >= 15 is 0 Å². The zero-order valence-electron chi connectivity index (χ0n) is 18.6. The lowest BCUT2D eigenvalue weighted by Gasteiger charge is -2.17. The number of aromatic nitrogens is 2. The van der Waals surface area contributed by atoms with Gasteiger partial charge in [0, 0.05) is 11.1 Å². The molecule has 4 rings (SSSR count). The number of fused-ring (bicyclic) bond motifs is 1. The number of amides is 1. The topological polar surface area (TPSA) is 73.2 Å². The van der Waals surface area contributed by atoms with Crippen LogP contribution in [0.25, 0.3) is 16.6 Å². The molecule has 0 spiro atoms. The van der Waals surface area contributed by atoms with E-state index in [0.29, 0.717) is 38.2 Å². The number of nitrogens with one attached hydrogen (secondary N) is 1. The Labute approximate surface area is 204 Å². The first-order valence-electron chi connectivity index (χ1n) is 10.4. The monoisotopic (exact) mass is 497 g/mol. The number of methoxy groups -OCH3 is 1. The van der Waals surface area contributed by atoms with Gasteiger partial charge in [-0.1, -0.05) is 35.5 Å². The van der Waals surface area contributed by atoms with Crippen molar-refractivity contribution in [3.05, 3.63) is 87.4 Å². The van der Waals surface area contributed by atoms with E-state index in [2.05, 4.69) is 10.3 Å². The van der Waals surface area contributed by atoms with Crippen LogP contribution < -0.4 is 15.6 Å². The molecule has 4 aromatic rings. The summed E-state index contributed by atoms with van der Waals surface area (Å²) in [5.74, 6) is -0.286. The first-order valence-corrected chi connectivity index (χ1v) is 11.6. The number of rotatable bonds is 6. The van der Waals surface area contributed by atoms with Crippen molar-refractivity contribution in [2.75, 3.05) is 12.4 Å². The van der Waals surface area contributed by atoms with Crippen LogP contribution in [0.2, 0.25) is 5.02 Å².